The van der Waals surface area contributed by atoms with Crippen molar-refractivity contribution in [2.45, 2.75) is 11.3 Å². The number of nitriles is 1. The van der Waals surface area contributed by atoms with Gasteiger partial charge in [-0.1, -0.05) is 67.2 Å². The first kappa shape index (κ1) is 14.0. The first-order valence-electron chi connectivity index (χ1n) is 6.12. The number of nitrogens with zero attached hydrogens (tertiary/aromatic N) is 1. The van der Waals surface area contributed by atoms with E-state index < -0.39 is 11.3 Å². The van der Waals surface area contributed by atoms with Crippen LogP contribution in [-0.4, -0.2) is 5.92 Å². The van der Waals surface area contributed by atoms with Gasteiger partial charge in [-0.25, -0.2) is 0 Å². The van der Waals surface area contributed by atoms with Crippen molar-refractivity contribution in [1.82, 2.24) is 0 Å². The zero-order valence-corrected chi connectivity index (χ0v) is 10.8. The fraction of sp³-hybridized carbons (Fsp3) is 0.118. The molecule has 0 bridgehead atoms. The summed E-state index contributed by atoms with van der Waals surface area (Å²) in [7, 11) is 0. The van der Waals surface area contributed by atoms with Gasteiger partial charge in [0, 0.05) is 0 Å². The largest absolute Gasteiger partial charge is 0.292 e. The van der Waals surface area contributed by atoms with E-state index in [1.165, 1.54) is 24.3 Å². The highest BCUT2D eigenvalue weighted by molar-refractivity contribution is 5.50. The minimum Gasteiger partial charge on any atom is -0.199 e. The van der Waals surface area contributed by atoms with E-state index >= 15 is 0 Å². The molecule has 1 nitrogen and oxygen atoms in total. The third-order valence-corrected chi connectivity index (χ3v) is 3.34. The number of alkyl halides is 2. The Kier molecular flexibility index (Phi) is 3.67. The van der Waals surface area contributed by atoms with Gasteiger partial charge in [0.15, 0.2) is 5.41 Å². The minimum atomic E-state index is -3.38. The van der Waals surface area contributed by atoms with E-state index in [2.05, 4.69) is 6.58 Å². The van der Waals surface area contributed by atoms with E-state index in [0.29, 0.717) is 6.08 Å². The van der Waals surface area contributed by atoms with Gasteiger partial charge in [0.25, 0.3) is 5.92 Å². The van der Waals surface area contributed by atoms with E-state index in [4.69, 9.17) is 0 Å². The second-order valence-electron chi connectivity index (χ2n) is 4.42. The molecule has 0 aliphatic rings. The molecule has 0 spiro atoms. The van der Waals surface area contributed by atoms with Gasteiger partial charge in [-0.05, 0) is 17.2 Å². The molecular formula is C17H13F2N. The number of hydrogen-bond donors (Lipinski definition) is 0. The molecule has 0 saturated heterocycles. The molecule has 2 rings (SSSR count). The van der Waals surface area contributed by atoms with Gasteiger partial charge in [-0.15, -0.1) is 0 Å². The maximum atomic E-state index is 14.5. The summed E-state index contributed by atoms with van der Waals surface area (Å²) in [6.45, 7) is 3.20. The first-order chi connectivity index (χ1) is 9.58. The van der Waals surface area contributed by atoms with Crippen LogP contribution in [0.15, 0.2) is 73.3 Å². The summed E-state index contributed by atoms with van der Waals surface area (Å²) in [6.07, 6.45) is 0.538. The highest BCUT2D eigenvalue weighted by Crippen LogP contribution is 2.45. The molecule has 2 aromatic rings. The third kappa shape index (κ3) is 2.00. The van der Waals surface area contributed by atoms with Crippen LogP contribution in [0.2, 0.25) is 0 Å². The Hall–Kier alpha value is -2.47. The molecule has 0 unspecified atom stereocenters. The van der Waals surface area contributed by atoms with Crippen LogP contribution in [0.4, 0.5) is 8.78 Å². The number of hydrogen-bond acceptors (Lipinski definition) is 1. The molecule has 3 heteroatoms. The normalized spacial score (nSPS) is 11.7. The standard InChI is InChI=1S/C17H13F2N/c1-2-17(18,19)16(13-20,14-9-5-3-6-10-14)15-11-7-4-8-12-15/h2-12H,1H2. The molecule has 2 aromatic carbocycles. The summed E-state index contributed by atoms with van der Waals surface area (Å²) in [5, 5.41) is 9.57. The summed E-state index contributed by atoms with van der Waals surface area (Å²) >= 11 is 0. The van der Waals surface area contributed by atoms with Crippen LogP contribution in [0.3, 0.4) is 0 Å². The van der Waals surface area contributed by atoms with Crippen LogP contribution in [0.5, 0.6) is 0 Å². The van der Waals surface area contributed by atoms with Crippen LogP contribution < -0.4 is 0 Å². The molecule has 0 N–H and O–H groups in total. The SMILES string of the molecule is C=CC(F)(F)C(C#N)(c1ccccc1)c1ccccc1. The Morgan fingerprint density at radius 2 is 1.30 bits per heavy atom. The second-order valence-corrected chi connectivity index (χ2v) is 4.42. The fourth-order valence-electron chi connectivity index (χ4n) is 2.28. The molecule has 100 valence electrons. The maximum Gasteiger partial charge on any atom is 0.292 e. The van der Waals surface area contributed by atoms with Gasteiger partial charge < -0.3 is 0 Å². The van der Waals surface area contributed by atoms with Gasteiger partial charge in [0.2, 0.25) is 0 Å². The maximum absolute atomic E-state index is 14.5. The lowest BCUT2D eigenvalue weighted by Crippen LogP contribution is -2.43. The molecule has 0 saturated carbocycles. The van der Waals surface area contributed by atoms with Crippen molar-refractivity contribution in [2.24, 2.45) is 0 Å². The average Bonchev–Trinajstić information content (AvgIpc) is 2.50. The minimum absolute atomic E-state index is 0.249. The molecule has 0 fully saturated rings. The molecule has 0 aliphatic heterocycles. The third-order valence-electron chi connectivity index (χ3n) is 3.34. The van der Waals surface area contributed by atoms with E-state index in [-0.39, 0.29) is 11.1 Å². The van der Waals surface area contributed by atoms with Crippen LogP contribution >= 0.6 is 0 Å². The van der Waals surface area contributed by atoms with Crippen LogP contribution in [0, 0.1) is 11.3 Å². The number of rotatable bonds is 4. The van der Waals surface area contributed by atoms with E-state index in [9.17, 15) is 14.0 Å². The zero-order valence-electron chi connectivity index (χ0n) is 10.8. The smallest absolute Gasteiger partial charge is 0.199 e. The zero-order chi connectivity index (χ0) is 14.6. The summed E-state index contributed by atoms with van der Waals surface area (Å²) in [5.74, 6) is -3.38. The van der Waals surface area contributed by atoms with Crippen molar-refractivity contribution in [2.75, 3.05) is 0 Å². The lowest BCUT2D eigenvalue weighted by atomic mass is 9.71. The summed E-state index contributed by atoms with van der Waals surface area (Å²) in [4.78, 5) is 0. The Bertz CT molecular complexity index is 588. The summed E-state index contributed by atoms with van der Waals surface area (Å²) < 4.78 is 29.0. The monoisotopic (exact) mass is 269 g/mol. The Balaban J connectivity index is 2.80. The molecule has 0 heterocycles. The number of allylic oxidation sites excluding steroid dienone is 1. The van der Waals surface area contributed by atoms with Crippen molar-refractivity contribution in [3.8, 4) is 6.07 Å². The molecule has 0 atom stereocenters. The topological polar surface area (TPSA) is 23.8 Å². The predicted octanol–water partition coefficient (Wildman–Crippen LogP) is 4.32. The lowest BCUT2D eigenvalue weighted by molar-refractivity contribution is 0.00942. The predicted molar refractivity (Wildman–Crippen MR) is 74.4 cm³/mol. The fourth-order valence-corrected chi connectivity index (χ4v) is 2.28. The van der Waals surface area contributed by atoms with Crippen molar-refractivity contribution >= 4 is 0 Å². The van der Waals surface area contributed by atoms with Gasteiger partial charge in [-0.3, -0.25) is 0 Å². The Labute approximate surface area is 116 Å². The Morgan fingerprint density at radius 3 is 1.60 bits per heavy atom. The van der Waals surface area contributed by atoms with E-state index in [1.54, 1.807) is 36.4 Å². The van der Waals surface area contributed by atoms with Crippen LogP contribution in [-0.2, 0) is 5.41 Å². The van der Waals surface area contributed by atoms with Gasteiger partial charge in [-0.2, -0.15) is 14.0 Å². The lowest BCUT2D eigenvalue weighted by Gasteiger charge is -2.33. The number of halogens is 2. The van der Waals surface area contributed by atoms with Gasteiger partial charge >= 0.3 is 0 Å². The molecule has 0 radical (unpaired) electrons. The van der Waals surface area contributed by atoms with Crippen molar-refractivity contribution < 1.29 is 8.78 Å². The van der Waals surface area contributed by atoms with E-state index in [1.807, 2.05) is 6.07 Å². The molecule has 0 aliphatic carbocycles. The summed E-state index contributed by atoms with van der Waals surface area (Å²) in [5.41, 5.74) is -1.57. The molecule has 20 heavy (non-hydrogen) atoms. The molecule has 0 amide bonds. The average molecular weight is 269 g/mol. The van der Waals surface area contributed by atoms with Crippen molar-refractivity contribution in [3.63, 3.8) is 0 Å². The highest BCUT2D eigenvalue weighted by atomic mass is 19.3. The van der Waals surface area contributed by atoms with Gasteiger partial charge in [0.1, 0.15) is 0 Å². The molecular weight excluding hydrogens is 256 g/mol. The van der Waals surface area contributed by atoms with Crippen molar-refractivity contribution in [1.29, 1.82) is 5.26 Å². The van der Waals surface area contributed by atoms with Crippen LogP contribution in [0.1, 0.15) is 11.1 Å². The quantitative estimate of drug-likeness (QED) is 0.758. The highest BCUT2D eigenvalue weighted by Gasteiger charge is 2.54. The van der Waals surface area contributed by atoms with Crippen LogP contribution in [0.25, 0.3) is 0 Å². The van der Waals surface area contributed by atoms with Gasteiger partial charge in [0.05, 0.1) is 6.07 Å². The molecule has 0 aromatic heterocycles. The first-order valence-corrected chi connectivity index (χ1v) is 6.12. The van der Waals surface area contributed by atoms with Crippen molar-refractivity contribution in [3.05, 3.63) is 84.4 Å². The van der Waals surface area contributed by atoms with E-state index in [0.717, 1.165) is 0 Å². The second kappa shape index (κ2) is 5.26. The summed E-state index contributed by atoms with van der Waals surface area (Å²) in [6, 6.07) is 18.0. The Morgan fingerprint density at radius 1 is 0.900 bits per heavy atom. The number of benzene rings is 2.